The maximum Gasteiger partial charge on any atom is 0.306 e. The number of nitrogens with zero attached hydrogens (tertiary/aromatic N) is 2. The van der Waals surface area contributed by atoms with Crippen LogP contribution in [0.2, 0.25) is 0 Å². The third-order valence-electron chi connectivity index (χ3n) is 3.70. The quantitative estimate of drug-likeness (QED) is 0.770. The molecule has 9 heteroatoms. The number of morpholine rings is 1. The van der Waals surface area contributed by atoms with Crippen molar-refractivity contribution < 1.29 is 27.9 Å². The van der Waals surface area contributed by atoms with Gasteiger partial charge in [-0.1, -0.05) is 18.2 Å². The summed E-state index contributed by atoms with van der Waals surface area (Å²) in [6.07, 6.45) is -0.765. The monoisotopic (exact) mass is 356 g/mol. The summed E-state index contributed by atoms with van der Waals surface area (Å²) in [6, 6.07) is 7.87. The molecular formula is C15H20N2O6S. The largest absolute Gasteiger partial charge is 0.481 e. The summed E-state index contributed by atoms with van der Waals surface area (Å²) < 4.78 is 31.1. The zero-order valence-corrected chi connectivity index (χ0v) is 14.1. The molecule has 1 amide bonds. The number of sulfonamides is 1. The highest BCUT2D eigenvalue weighted by Gasteiger charge is 2.29. The Morgan fingerprint density at radius 1 is 1.33 bits per heavy atom. The van der Waals surface area contributed by atoms with Crippen LogP contribution in [0.5, 0.6) is 0 Å². The van der Waals surface area contributed by atoms with Gasteiger partial charge >= 0.3 is 5.97 Å². The van der Waals surface area contributed by atoms with E-state index in [1.807, 2.05) is 0 Å². The summed E-state index contributed by atoms with van der Waals surface area (Å²) in [6.45, 7) is 0.383. The van der Waals surface area contributed by atoms with Crippen molar-refractivity contribution >= 4 is 21.9 Å². The fraction of sp³-hybridized carbons (Fsp3) is 0.467. The van der Waals surface area contributed by atoms with Gasteiger partial charge in [-0.25, -0.2) is 8.42 Å². The van der Waals surface area contributed by atoms with Crippen molar-refractivity contribution in [1.29, 1.82) is 0 Å². The topological polar surface area (TPSA) is 104 Å². The van der Waals surface area contributed by atoms with Crippen molar-refractivity contribution in [2.75, 3.05) is 33.3 Å². The summed E-state index contributed by atoms with van der Waals surface area (Å²) in [5, 5.41) is 8.80. The van der Waals surface area contributed by atoms with E-state index in [1.165, 1.54) is 24.1 Å². The van der Waals surface area contributed by atoms with Crippen molar-refractivity contribution in [3.05, 3.63) is 30.3 Å². The first-order valence-electron chi connectivity index (χ1n) is 7.43. The molecule has 1 fully saturated rings. The van der Waals surface area contributed by atoms with E-state index in [4.69, 9.17) is 9.84 Å². The summed E-state index contributed by atoms with van der Waals surface area (Å²) in [5.74, 6) is -1.38. The van der Waals surface area contributed by atoms with Gasteiger partial charge in [0.25, 0.3) is 0 Å². The Morgan fingerprint density at radius 2 is 2.00 bits per heavy atom. The van der Waals surface area contributed by atoms with Gasteiger partial charge in [0.1, 0.15) is 0 Å². The van der Waals surface area contributed by atoms with Crippen LogP contribution >= 0.6 is 0 Å². The van der Waals surface area contributed by atoms with Crippen LogP contribution in [0.15, 0.2) is 35.2 Å². The SMILES string of the molecule is CN(CC(=O)N1CCOC(CC(=O)O)C1)S(=O)(=O)c1ccccc1. The lowest BCUT2D eigenvalue weighted by molar-refractivity contribution is -0.147. The van der Waals surface area contributed by atoms with E-state index >= 15 is 0 Å². The van der Waals surface area contributed by atoms with Gasteiger partial charge < -0.3 is 14.7 Å². The molecule has 0 bridgehead atoms. The predicted molar refractivity (Wildman–Crippen MR) is 84.8 cm³/mol. The maximum atomic E-state index is 12.4. The number of carboxylic acid groups (broad SMARTS) is 1. The zero-order valence-electron chi connectivity index (χ0n) is 13.3. The molecule has 2 rings (SSSR count). The Hall–Kier alpha value is -1.97. The highest BCUT2D eigenvalue weighted by atomic mass is 32.2. The van der Waals surface area contributed by atoms with Gasteiger partial charge in [0, 0.05) is 20.1 Å². The normalized spacial score (nSPS) is 18.6. The number of hydrogen-bond acceptors (Lipinski definition) is 5. The van der Waals surface area contributed by atoms with E-state index in [0.717, 1.165) is 4.31 Å². The number of benzene rings is 1. The van der Waals surface area contributed by atoms with Crippen LogP contribution in [-0.4, -0.2) is 74.0 Å². The highest BCUT2D eigenvalue weighted by Crippen LogP contribution is 2.15. The standard InChI is InChI=1S/C15H20N2O6S/c1-16(24(21,22)13-5-3-2-4-6-13)11-14(18)17-7-8-23-12(10-17)9-15(19)20/h2-6,12H,7-11H2,1H3,(H,19,20). The zero-order chi connectivity index (χ0) is 17.7. The molecule has 1 atom stereocenters. The molecule has 8 nitrogen and oxygen atoms in total. The molecule has 1 aromatic carbocycles. The third-order valence-corrected chi connectivity index (χ3v) is 5.52. The fourth-order valence-electron chi connectivity index (χ4n) is 2.41. The second kappa shape index (κ2) is 7.73. The van der Waals surface area contributed by atoms with Crippen LogP contribution in [0, 0.1) is 0 Å². The number of hydrogen-bond donors (Lipinski definition) is 1. The van der Waals surface area contributed by atoms with Crippen LogP contribution in [0.3, 0.4) is 0 Å². The second-order valence-electron chi connectivity index (χ2n) is 5.50. The molecule has 1 saturated heterocycles. The first kappa shape index (κ1) is 18.4. The van der Waals surface area contributed by atoms with Crippen molar-refractivity contribution in [3.63, 3.8) is 0 Å². The van der Waals surface area contributed by atoms with Gasteiger partial charge in [-0.15, -0.1) is 0 Å². The number of carbonyl (C=O) groups is 2. The molecule has 0 aromatic heterocycles. The van der Waals surface area contributed by atoms with Crippen molar-refractivity contribution in [3.8, 4) is 0 Å². The van der Waals surface area contributed by atoms with Gasteiger partial charge in [0.15, 0.2) is 0 Å². The van der Waals surface area contributed by atoms with Crippen LogP contribution < -0.4 is 0 Å². The van der Waals surface area contributed by atoms with Crippen molar-refractivity contribution in [2.24, 2.45) is 0 Å². The van der Waals surface area contributed by atoms with E-state index in [-0.39, 0.29) is 36.9 Å². The minimum Gasteiger partial charge on any atom is -0.481 e. The highest BCUT2D eigenvalue weighted by molar-refractivity contribution is 7.89. The fourth-order valence-corrected chi connectivity index (χ4v) is 3.55. The number of likely N-dealkylation sites (N-methyl/N-ethyl adjacent to an activating group) is 1. The number of carboxylic acids is 1. The number of rotatable bonds is 6. The van der Waals surface area contributed by atoms with Gasteiger partial charge in [-0.05, 0) is 12.1 Å². The number of carbonyl (C=O) groups excluding carboxylic acids is 1. The number of aliphatic carboxylic acids is 1. The lowest BCUT2D eigenvalue weighted by atomic mass is 10.2. The van der Waals surface area contributed by atoms with Crippen LogP contribution in [0.25, 0.3) is 0 Å². The van der Waals surface area contributed by atoms with E-state index in [0.29, 0.717) is 6.54 Å². The Kier molecular flexibility index (Phi) is 5.92. The Morgan fingerprint density at radius 3 is 2.62 bits per heavy atom. The molecule has 0 spiro atoms. The van der Waals surface area contributed by atoms with Gasteiger partial charge in [-0.2, -0.15) is 4.31 Å². The lowest BCUT2D eigenvalue weighted by Gasteiger charge is -2.33. The van der Waals surface area contributed by atoms with E-state index < -0.39 is 22.1 Å². The molecule has 1 heterocycles. The maximum absolute atomic E-state index is 12.4. The summed E-state index contributed by atoms with van der Waals surface area (Å²) in [7, 11) is -2.40. The Labute approximate surface area is 140 Å². The minimum atomic E-state index is -3.74. The Bertz CT molecular complexity index is 691. The molecule has 132 valence electrons. The molecule has 0 aliphatic carbocycles. The average Bonchev–Trinajstić information content (AvgIpc) is 2.55. The van der Waals surface area contributed by atoms with E-state index in [2.05, 4.69) is 0 Å². The average molecular weight is 356 g/mol. The minimum absolute atomic E-state index is 0.117. The first-order chi connectivity index (χ1) is 11.3. The molecule has 1 aliphatic rings. The van der Waals surface area contributed by atoms with Gasteiger partial charge in [0.2, 0.25) is 15.9 Å². The number of amides is 1. The summed E-state index contributed by atoms with van der Waals surface area (Å²) in [5.41, 5.74) is 0. The van der Waals surface area contributed by atoms with Crippen LogP contribution in [0.4, 0.5) is 0 Å². The van der Waals surface area contributed by atoms with Crippen molar-refractivity contribution in [1.82, 2.24) is 9.21 Å². The molecule has 0 radical (unpaired) electrons. The molecule has 1 aliphatic heterocycles. The predicted octanol–water partition coefficient (Wildman–Crippen LogP) is 0.00920. The molecule has 0 saturated carbocycles. The molecular weight excluding hydrogens is 336 g/mol. The van der Waals surface area contributed by atoms with Gasteiger partial charge in [0.05, 0.1) is 30.6 Å². The molecule has 24 heavy (non-hydrogen) atoms. The lowest BCUT2D eigenvalue weighted by Crippen LogP contribution is -2.49. The summed E-state index contributed by atoms with van der Waals surface area (Å²) in [4.78, 5) is 24.6. The number of ether oxygens (including phenoxy) is 1. The van der Waals surface area contributed by atoms with Crippen molar-refractivity contribution in [2.45, 2.75) is 17.4 Å². The first-order valence-corrected chi connectivity index (χ1v) is 8.87. The molecule has 1 aromatic rings. The van der Waals surface area contributed by atoms with E-state index in [1.54, 1.807) is 18.2 Å². The van der Waals surface area contributed by atoms with E-state index in [9.17, 15) is 18.0 Å². The van der Waals surface area contributed by atoms with Crippen LogP contribution in [-0.2, 0) is 24.3 Å². The molecule has 1 N–H and O–H groups in total. The molecule has 1 unspecified atom stereocenters. The Balaban J connectivity index is 1.99. The second-order valence-corrected chi connectivity index (χ2v) is 7.55. The van der Waals surface area contributed by atoms with Gasteiger partial charge in [-0.3, -0.25) is 9.59 Å². The smallest absolute Gasteiger partial charge is 0.306 e. The third kappa shape index (κ3) is 4.53. The van der Waals surface area contributed by atoms with Crippen LogP contribution in [0.1, 0.15) is 6.42 Å². The summed E-state index contributed by atoms with van der Waals surface area (Å²) >= 11 is 0.